The molecule has 0 spiro atoms. The second-order valence-corrected chi connectivity index (χ2v) is 5.35. The molecule has 12 heteroatoms. The predicted molar refractivity (Wildman–Crippen MR) is 100 cm³/mol. The van der Waals surface area contributed by atoms with Gasteiger partial charge in [0.15, 0.2) is 16.6 Å². The summed E-state index contributed by atoms with van der Waals surface area (Å²) in [6.07, 6.45) is 1.40. The number of benzene rings is 2. The number of nitrogens with zero attached hydrogens (tertiary/aromatic N) is 3. The first-order valence-corrected chi connectivity index (χ1v) is 7.60. The number of nitrogens with two attached hydrogens (primary N) is 1. The molecule has 11 nitrogen and oxygen atoms in total. The van der Waals surface area contributed by atoms with Crippen molar-refractivity contribution in [3.8, 4) is 17.2 Å². The van der Waals surface area contributed by atoms with Crippen LogP contribution in [0.25, 0.3) is 0 Å². The van der Waals surface area contributed by atoms with E-state index in [1.54, 1.807) is 12.1 Å². The van der Waals surface area contributed by atoms with Crippen LogP contribution >= 0.6 is 12.2 Å². The molecule has 0 aromatic heterocycles. The summed E-state index contributed by atoms with van der Waals surface area (Å²) in [7, 11) is 1.40. The Morgan fingerprint density at radius 3 is 2.44 bits per heavy atom. The number of hydrogen-bond acceptors (Lipinski definition) is 8. The molecule has 0 aliphatic rings. The molecule has 0 amide bonds. The van der Waals surface area contributed by atoms with Gasteiger partial charge in [-0.15, -0.1) is 0 Å². The number of rotatable bonds is 7. The van der Waals surface area contributed by atoms with E-state index in [1.165, 1.54) is 19.4 Å². The summed E-state index contributed by atoms with van der Waals surface area (Å²) in [6.45, 7) is 0. The van der Waals surface area contributed by atoms with Crippen molar-refractivity contribution in [3.63, 3.8) is 0 Å². The molecule has 140 valence electrons. The summed E-state index contributed by atoms with van der Waals surface area (Å²) < 4.78 is 10.7. The molecule has 0 heterocycles. The zero-order valence-corrected chi connectivity index (χ0v) is 14.6. The van der Waals surface area contributed by atoms with Crippen molar-refractivity contribution in [2.24, 2.45) is 10.8 Å². The van der Waals surface area contributed by atoms with Crippen molar-refractivity contribution in [1.82, 2.24) is 5.43 Å². The monoisotopic (exact) mass is 391 g/mol. The highest BCUT2D eigenvalue weighted by Gasteiger charge is 2.22. The molecule has 27 heavy (non-hydrogen) atoms. The summed E-state index contributed by atoms with van der Waals surface area (Å²) >= 11 is 4.63. The molecule has 0 bridgehead atoms. The highest BCUT2D eigenvalue weighted by molar-refractivity contribution is 7.80. The first-order valence-electron chi connectivity index (χ1n) is 7.19. The lowest BCUT2D eigenvalue weighted by molar-refractivity contribution is -0.394. The van der Waals surface area contributed by atoms with E-state index >= 15 is 0 Å². The largest absolute Gasteiger partial charge is 0.493 e. The van der Waals surface area contributed by atoms with Gasteiger partial charge in [-0.3, -0.25) is 25.7 Å². The van der Waals surface area contributed by atoms with Gasteiger partial charge in [0.2, 0.25) is 5.75 Å². The topological polar surface area (TPSA) is 155 Å². The quantitative estimate of drug-likeness (QED) is 0.313. The van der Waals surface area contributed by atoms with Gasteiger partial charge in [0.25, 0.3) is 5.69 Å². The lowest BCUT2D eigenvalue weighted by Crippen LogP contribution is -2.23. The maximum absolute atomic E-state index is 11.2. The molecule has 0 radical (unpaired) electrons. The van der Waals surface area contributed by atoms with Gasteiger partial charge in [0.1, 0.15) is 0 Å². The molecule has 2 aromatic carbocycles. The molecular weight excluding hydrogens is 378 g/mol. The summed E-state index contributed by atoms with van der Waals surface area (Å²) in [5, 5.41) is 25.8. The molecule has 0 unspecified atom stereocenters. The number of non-ortho nitro benzene ring substituents is 1. The third kappa shape index (κ3) is 5.09. The van der Waals surface area contributed by atoms with Gasteiger partial charge in [-0.05, 0) is 42.0 Å². The Morgan fingerprint density at radius 1 is 1.15 bits per heavy atom. The zero-order chi connectivity index (χ0) is 20.0. The fraction of sp³-hybridized carbons (Fsp3) is 0.0667. The number of ether oxygens (including phenoxy) is 2. The van der Waals surface area contributed by atoms with Crippen LogP contribution in [0.5, 0.6) is 17.2 Å². The van der Waals surface area contributed by atoms with Crippen LogP contribution in [0, 0.1) is 20.2 Å². The fourth-order valence-electron chi connectivity index (χ4n) is 1.99. The van der Waals surface area contributed by atoms with E-state index in [4.69, 9.17) is 15.2 Å². The average molecular weight is 391 g/mol. The van der Waals surface area contributed by atoms with Gasteiger partial charge in [0.05, 0.1) is 29.2 Å². The standard InChI is InChI=1S/C15H13N5O6S/c1-25-13-4-2-9(8-17-18-15(16)27)6-14(13)26-12-5-3-10(19(21)22)7-11(12)20(23)24/h2-8H,1H3,(H3,16,18,27)/b17-8-. The van der Waals surface area contributed by atoms with Crippen molar-refractivity contribution >= 4 is 34.9 Å². The minimum Gasteiger partial charge on any atom is -0.493 e. The van der Waals surface area contributed by atoms with Crippen LogP contribution in [-0.2, 0) is 0 Å². The van der Waals surface area contributed by atoms with Crippen LogP contribution in [0.2, 0.25) is 0 Å². The Morgan fingerprint density at radius 2 is 1.85 bits per heavy atom. The average Bonchev–Trinajstić information content (AvgIpc) is 2.61. The van der Waals surface area contributed by atoms with Gasteiger partial charge >= 0.3 is 5.69 Å². The summed E-state index contributed by atoms with van der Waals surface area (Å²) in [6, 6.07) is 7.79. The first-order chi connectivity index (χ1) is 12.8. The zero-order valence-electron chi connectivity index (χ0n) is 13.8. The van der Waals surface area contributed by atoms with E-state index in [0.29, 0.717) is 11.3 Å². The second-order valence-electron chi connectivity index (χ2n) is 4.91. The lowest BCUT2D eigenvalue weighted by atomic mass is 10.2. The van der Waals surface area contributed by atoms with Gasteiger partial charge < -0.3 is 15.2 Å². The van der Waals surface area contributed by atoms with Crippen LogP contribution < -0.4 is 20.6 Å². The van der Waals surface area contributed by atoms with E-state index in [-0.39, 0.29) is 16.6 Å². The molecule has 0 aliphatic heterocycles. The highest BCUT2D eigenvalue weighted by Crippen LogP contribution is 2.38. The molecule has 2 rings (SSSR count). The van der Waals surface area contributed by atoms with Crippen LogP contribution in [0.4, 0.5) is 11.4 Å². The van der Waals surface area contributed by atoms with E-state index in [9.17, 15) is 20.2 Å². The Bertz CT molecular complexity index is 933. The van der Waals surface area contributed by atoms with Crippen molar-refractivity contribution in [2.75, 3.05) is 7.11 Å². The van der Waals surface area contributed by atoms with Gasteiger partial charge in [-0.1, -0.05) is 0 Å². The molecule has 0 fully saturated rings. The van der Waals surface area contributed by atoms with Crippen LogP contribution in [-0.4, -0.2) is 28.3 Å². The number of hydrazone groups is 1. The minimum atomic E-state index is -0.772. The van der Waals surface area contributed by atoms with Crippen LogP contribution in [0.1, 0.15) is 5.56 Å². The second kappa shape index (κ2) is 8.53. The maximum atomic E-state index is 11.2. The Balaban J connectivity index is 2.40. The molecule has 0 saturated heterocycles. The third-order valence-corrected chi connectivity index (χ3v) is 3.24. The summed E-state index contributed by atoms with van der Waals surface area (Å²) in [5.41, 5.74) is 7.22. The Kier molecular flexibility index (Phi) is 6.17. The maximum Gasteiger partial charge on any atom is 0.318 e. The van der Waals surface area contributed by atoms with E-state index in [2.05, 4.69) is 22.7 Å². The number of nitro groups is 2. The molecule has 0 aliphatic carbocycles. The summed E-state index contributed by atoms with van der Waals surface area (Å²) in [5.74, 6) is 0.259. The SMILES string of the molecule is COc1ccc(/C=N\NC(N)=S)cc1Oc1ccc([N+](=O)[O-])cc1[N+](=O)[O-]. The van der Waals surface area contributed by atoms with Gasteiger partial charge in [0, 0.05) is 6.07 Å². The molecule has 3 N–H and O–H groups in total. The lowest BCUT2D eigenvalue weighted by Gasteiger charge is -2.11. The van der Waals surface area contributed by atoms with Gasteiger partial charge in [-0.2, -0.15) is 5.10 Å². The smallest absolute Gasteiger partial charge is 0.318 e. The molecular formula is C15H13N5O6S. The van der Waals surface area contributed by atoms with Crippen molar-refractivity contribution < 1.29 is 19.3 Å². The van der Waals surface area contributed by atoms with E-state index in [1.807, 2.05) is 0 Å². The normalized spacial score (nSPS) is 10.4. The Labute approximate surface area is 157 Å². The minimum absolute atomic E-state index is 0.0160. The van der Waals surface area contributed by atoms with E-state index in [0.717, 1.165) is 18.2 Å². The number of nitrogens with one attached hydrogen (secondary N) is 1. The fourth-order valence-corrected chi connectivity index (χ4v) is 2.04. The molecule has 2 aromatic rings. The Hall–Kier alpha value is -3.80. The molecule has 0 atom stereocenters. The number of thiocarbonyl (C=S) groups is 1. The third-order valence-electron chi connectivity index (χ3n) is 3.15. The first kappa shape index (κ1) is 19.5. The number of methoxy groups -OCH3 is 1. The predicted octanol–water partition coefficient (Wildman–Crippen LogP) is 2.47. The number of nitro benzene ring substituents is 2. The molecule has 0 saturated carbocycles. The summed E-state index contributed by atoms with van der Waals surface area (Å²) in [4.78, 5) is 20.5. The van der Waals surface area contributed by atoms with Crippen molar-refractivity contribution in [1.29, 1.82) is 0 Å². The van der Waals surface area contributed by atoms with Crippen LogP contribution in [0.3, 0.4) is 0 Å². The van der Waals surface area contributed by atoms with Crippen LogP contribution in [0.15, 0.2) is 41.5 Å². The highest BCUT2D eigenvalue weighted by atomic mass is 32.1. The van der Waals surface area contributed by atoms with E-state index < -0.39 is 21.2 Å². The number of hydrogen-bond donors (Lipinski definition) is 2. The van der Waals surface area contributed by atoms with Crippen molar-refractivity contribution in [3.05, 3.63) is 62.2 Å². The van der Waals surface area contributed by atoms with Crippen molar-refractivity contribution in [2.45, 2.75) is 0 Å². The van der Waals surface area contributed by atoms with Gasteiger partial charge in [-0.25, -0.2) is 0 Å².